The SMILES string of the molecule is C[C@H](NC(=O)C(O)c1cc(F)cc(F)c1)C(=O)Nc1cc(C2(c3ccccc3)CCN(C3CC3)CC2)nn1C(C)(C)C. The van der Waals surface area contributed by atoms with Gasteiger partial charge >= 0.3 is 0 Å². The summed E-state index contributed by atoms with van der Waals surface area (Å²) >= 11 is 0. The molecule has 1 aliphatic heterocycles. The molecule has 2 fully saturated rings. The summed E-state index contributed by atoms with van der Waals surface area (Å²) < 4.78 is 29.0. The normalized spacial score (nSPS) is 18.7. The van der Waals surface area contributed by atoms with Crippen LogP contribution in [0.25, 0.3) is 0 Å². The lowest BCUT2D eigenvalue weighted by Gasteiger charge is -2.41. The zero-order valence-corrected chi connectivity index (χ0v) is 24.5. The number of piperidine rings is 1. The Hall–Kier alpha value is -3.63. The van der Waals surface area contributed by atoms with Crippen molar-refractivity contribution in [3.63, 3.8) is 0 Å². The largest absolute Gasteiger partial charge is 0.378 e. The minimum atomic E-state index is -1.84. The topological polar surface area (TPSA) is 99.5 Å². The van der Waals surface area contributed by atoms with Crippen molar-refractivity contribution in [2.75, 3.05) is 18.4 Å². The molecular formula is C32H39F2N5O3. The molecule has 1 saturated carbocycles. The average Bonchev–Trinajstić information content (AvgIpc) is 3.70. The van der Waals surface area contributed by atoms with Crippen LogP contribution in [-0.4, -0.2) is 56.8 Å². The van der Waals surface area contributed by atoms with Gasteiger partial charge in [-0.05, 0) is 89.7 Å². The van der Waals surface area contributed by atoms with Gasteiger partial charge < -0.3 is 20.6 Å². The molecule has 42 heavy (non-hydrogen) atoms. The second-order valence-electron chi connectivity index (χ2n) is 12.5. The summed E-state index contributed by atoms with van der Waals surface area (Å²) in [6, 6.07) is 14.4. The molecular weight excluding hydrogens is 540 g/mol. The number of aliphatic hydroxyl groups is 1. The number of halogens is 2. The number of anilines is 1. The molecule has 0 spiro atoms. The van der Waals surface area contributed by atoms with Crippen LogP contribution in [0.2, 0.25) is 0 Å². The summed E-state index contributed by atoms with van der Waals surface area (Å²) in [5.41, 5.74) is 1.06. The van der Waals surface area contributed by atoms with Crippen molar-refractivity contribution in [1.29, 1.82) is 0 Å². The number of benzene rings is 2. The number of nitrogens with one attached hydrogen (secondary N) is 2. The van der Waals surface area contributed by atoms with Crippen molar-refractivity contribution < 1.29 is 23.5 Å². The number of rotatable bonds is 8. The van der Waals surface area contributed by atoms with Crippen LogP contribution < -0.4 is 10.6 Å². The molecule has 2 aliphatic rings. The summed E-state index contributed by atoms with van der Waals surface area (Å²) in [5, 5.41) is 20.8. The standard InChI is InChI=1S/C32H39F2N5O3/c1-20(35-30(42)28(40)21-16-23(33)18-24(34)17-21)29(41)36-27-19-26(37-39(27)31(2,3)4)32(22-8-6-5-7-9-22)12-14-38(15-13-32)25-10-11-25/h5-9,16-20,25,28,40H,10-15H2,1-4H3,(H,35,42)(H,36,41)/t20-,28?/m0/s1. The summed E-state index contributed by atoms with van der Waals surface area (Å²) in [5.74, 6) is -2.80. The molecule has 0 bridgehead atoms. The summed E-state index contributed by atoms with van der Waals surface area (Å²) in [6.07, 6.45) is 2.50. The molecule has 10 heteroatoms. The van der Waals surface area contributed by atoms with Crippen LogP contribution >= 0.6 is 0 Å². The zero-order valence-electron chi connectivity index (χ0n) is 24.5. The molecule has 2 atom stereocenters. The van der Waals surface area contributed by atoms with E-state index in [9.17, 15) is 23.5 Å². The minimum Gasteiger partial charge on any atom is -0.378 e. The highest BCUT2D eigenvalue weighted by Crippen LogP contribution is 2.44. The lowest BCUT2D eigenvalue weighted by atomic mass is 9.70. The smallest absolute Gasteiger partial charge is 0.254 e. The van der Waals surface area contributed by atoms with Crippen molar-refractivity contribution in [1.82, 2.24) is 20.0 Å². The maximum absolute atomic E-state index is 13.6. The first-order valence-corrected chi connectivity index (χ1v) is 14.5. The number of carbonyl (C=O) groups excluding carboxylic acids is 2. The Morgan fingerprint density at radius 3 is 2.19 bits per heavy atom. The summed E-state index contributed by atoms with van der Waals surface area (Å²) in [7, 11) is 0. The van der Waals surface area contributed by atoms with E-state index in [1.807, 2.05) is 45.0 Å². The van der Waals surface area contributed by atoms with Gasteiger partial charge in [-0.3, -0.25) is 9.59 Å². The third-order valence-electron chi connectivity index (χ3n) is 8.33. The Morgan fingerprint density at radius 1 is 1.00 bits per heavy atom. The monoisotopic (exact) mass is 579 g/mol. The van der Waals surface area contributed by atoms with Crippen molar-refractivity contribution >= 4 is 17.6 Å². The number of hydrogen-bond donors (Lipinski definition) is 3. The molecule has 1 aromatic heterocycles. The fourth-order valence-corrected chi connectivity index (χ4v) is 5.85. The average molecular weight is 580 g/mol. The molecule has 2 aromatic carbocycles. The molecule has 5 rings (SSSR count). The number of carbonyl (C=O) groups is 2. The highest BCUT2D eigenvalue weighted by molar-refractivity contribution is 5.97. The molecule has 1 saturated heterocycles. The maximum atomic E-state index is 13.6. The number of aromatic nitrogens is 2. The van der Waals surface area contributed by atoms with Gasteiger partial charge in [0, 0.05) is 23.6 Å². The fraction of sp³-hybridized carbons (Fsp3) is 0.469. The van der Waals surface area contributed by atoms with Crippen molar-refractivity contribution in [2.24, 2.45) is 0 Å². The second kappa shape index (κ2) is 11.6. The molecule has 0 radical (unpaired) electrons. The van der Waals surface area contributed by atoms with Crippen molar-refractivity contribution in [3.8, 4) is 0 Å². The molecule has 2 heterocycles. The highest BCUT2D eigenvalue weighted by atomic mass is 19.1. The lowest BCUT2D eigenvalue weighted by molar-refractivity contribution is -0.132. The van der Waals surface area contributed by atoms with E-state index in [4.69, 9.17) is 5.10 Å². The predicted molar refractivity (Wildman–Crippen MR) is 156 cm³/mol. The van der Waals surface area contributed by atoms with Crippen LogP contribution in [0.4, 0.5) is 14.6 Å². The lowest BCUT2D eigenvalue weighted by Crippen LogP contribution is -2.44. The Bertz CT molecular complexity index is 1420. The third kappa shape index (κ3) is 6.24. The number of aliphatic hydroxyl groups excluding tert-OH is 1. The molecule has 3 aromatic rings. The number of likely N-dealkylation sites (tertiary alicyclic amines) is 1. The third-order valence-corrected chi connectivity index (χ3v) is 8.33. The van der Waals surface area contributed by atoms with E-state index >= 15 is 0 Å². The number of hydrogen-bond acceptors (Lipinski definition) is 5. The first-order chi connectivity index (χ1) is 19.9. The van der Waals surface area contributed by atoms with Crippen molar-refractivity contribution in [2.45, 2.75) is 82.5 Å². The van der Waals surface area contributed by atoms with Crippen LogP contribution in [0.3, 0.4) is 0 Å². The van der Waals surface area contributed by atoms with Crippen LogP contribution in [-0.2, 0) is 20.5 Å². The van der Waals surface area contributed by atoms with Crippen LogP contribution in [0.5, 0.6) is 0 Å². The maximum Gasteiger partial charge on any atom is 0.254 e. The van der Waals surface area contributed by atoms with E-state index < -0.39 is 41.1 Å². The number of nitrogens with zero attached hydrogens (tertiary/aromatic N) is 3. The molecule has 1 unspecified atom stereocenters. The van der Waals surface area contributed by atoms with Gasteiger partial charge in [-0.15, -0.1) is 0 Å². The zero-order chi connectivity index (χ0) is 30.2. The molecule has 3 N–H and O–H groups in total. The second-order valence-corrected chi connectivity index (χ2v) is 12.5. The quantitative estimate of drug-likeness (QED) is 0.361. The van der Waals surface area contributed by atoms with Gasteiger partial charge in [-0.25, -0.2) is 13.5 Å². The van der Waals surface area contributed by atoms with Crippen LogP contribution in [0.15, 0.2) is 54.6 Å². The van der Waals surface area contributed by atoms with Gasteiger partial charge in [0.05, 0.1) is 11.2 Å². The van der Waals surface area contributed by atoms with Gasteiger partial charge in [0.15, 0.2) is 6.10 Å². The Kier molecular flexibility index (Phi) is 8.22. The van der Waals surface area contributed by atoms with E-state index in [0.29, 0.717) is 17.9 Å². The van der Waals surface area contributed by atoms with Gasteiger partial charge in [-0.1, -0.05) is 30.3 Å². The first kappa shape index (κ1) is 29.8. The molecule has 1 aliphatic carbocycles. The van der Waals surface area contributed by atoms with Crippen LogP contribution in [0.1, 0.15) is 76.3 Å². The first-order valence-electron chi connectivity index (χ1n) is 14.5. The fourth-order valence-electron chi connectivity index (χ4n) is 5.85. The van der Waals surface area contributed by atoms with Gasteiger partial charge in [-0.2, -0.15) is 5.10 Å². The van der Waals surface area contributed by atoms with Gasteiger partial charge in [0.1, 0.15) is 23.5 Å². The Labute approximate surface area is 245 Å². The highest BCUT2D eigenvalue weighted by Gasteiger charge is 2.43. The van der Waals surface area contributed by atoms with E-state index in [-0.39, 0.29) is 11.0 Å². The van der Waals surface area contributed by atoms with E-state index in [2.05, 4.69) is 27.7 Å². The van der Waals surface area contributed by atoms with Gasteiger partial charge in [0.2, 0.25) is 5.91 Å². The predicted octanol–water partition coefficient (Wildman–Crippen LogP) is 4.64. The van der Waals surface area contributed by atoms with E-state index in [0.717, 1.165) is 43.8 Å². The summed E-state index contributed by atoms with van der Waals surface area (Å²) in [4.78, 5) is 28.5. The van der Waals surface area contributed by atoms with E-state index in [1.54, 1.807) is 4.68 Å². The number of amides is 2. The van der Waals surface area contributed by atoms with E-state index in [1.165, 1.54) is 25.3 Å². The molecule has 224 valence electrons. The van der Waals surface area contributed by atoms with Crippen molar-refractivity contribution in [3.05, 3.63) is 83.1 Å². The Balaban J connectivity index is 1.37. The Morgan fingerprint density at radius 2 is 1.62 bits per heavy atom. The minimum absolute atomic E-state index is 0.244. The van der Waals surface area contributed by atoms with Gasteiger partial charge in [0.25, 0.3) is 5.91 Å². The molecule has 2 amide bonds. The van der Waals surface area contributed by atoms with Crippen LogP contribution in [0, 0.1) is 11.6 Å². The molecule has 8 nitrogen and oxygen atoms in total. The summed E-state index contributed by atoms with van der Waals surface area (Å²) in [6.45, 7) is 9.44.